The van der Waals surface area contributed by atoms with Gasteiger partial charge < -0.3 is 9.64 Å². The first-order valence-corrected chi connectivity index (χ1v) is 8.95. The van der Waals surface area contributed by atoms with E-state index in [9.17, 15) is 8.42 Å². The highest BCUT2D eigenvalue weighted by atomic mass is 32.2. The Labute approximate surface area is 111 Å². The summed E-state index contributed by atoms with van der Waals surface area (Å²) in [5.74, 6) is 0.544. The van der Waals surface area contributed by atoms with E-state index in [0.29, 0.717) is 0 Å². The standard InChI is InChI=1S/C10H15NO3S3/c12-17(13)5-8-9(6-17)16-10(15)11(8)4-7-2-1-3-14-7/h7-9H,1-6H2/t7-,8-,9+/m0/s1. The van der Waals surface area contributed by atoms with Crippen molar-refractivity contribution in [3.05, 3.63) is 0 Å². The maximum Gasteiger partial charge on any atom is 0.153 e. The molecule has 3 rings (SSSR count). The van der Waals surface area contributed by atoms with Gasteiger partial charge in [0.15, 0.2) is 9.84 Å². The van der Waals surface area contributed by atoms with E-state index in [1.165, 1.54) is 0 Å². The third-order valence-corrected chi connectivity index (χ3v) is 7.25. The summed E-state index contributed by atoms with van der Waals surface area (Å²) < 4.78 is 29.7. The molecule has 0 aromatic rings. The summed E-state index contributed by atoms with van der Waals surface area (Å²) in [5, 5.41) is 0.147. The van der Waals surface area contributed by atoms with Gasteiger partial charge in [-0.2, -0.15) is 0 Å². The van der Waals surface area contributed by atoms with Gasteiger partial charge in [-0.1, -0.05) is 24.0 Å². The van der Waals surface area contributed by atoms with E-state index in [1.807, 2.05) is 0 Å². The quantitative estimate of drug-likeness (QED) is 0.697. The number of thiocarbonyl (C=S) groups is 1. The second-order valence-corrected chi connectivity index (χ2v) is 8.88. The molecule has 3 fully saturated rings. The minimum Gasteiger partial charge on any atom is -0.376 e. The van der Waals surface area contributed by atoms with E-state index in [1.54, 1.807) is 11.8 Å². The fraction of sp³-hybridized carbons (Fsp3) is 0.900. The van der Waals surface area contributed by atoms with E-state index in [2.05, 4.69) is 4.90 Å². The first-order valence-electron chi connectivity index (χ1n) is 5.84. The number of ether oxygens (including phenoxy) is 1. The maximum absolute atomic E-state index is 11.6. The van der Waals surface area contributed by atoms with Gasteiger partial charge in [-0.3, -0.25) is 0 Å². The molecule has 3 heterocycles. The molecule has 0 aliphatic carbocycles. The summed E-state index contributed by atoms with van der Waals surface area (Å²) in [5.41, 5.74) is 0. The Morgan fingerprint density at radius 3 is 3.00 bits per heavy atom. The monoisotopic (exact) mass is 293 g/mol. The lowest BCUT2D eigenvalue weighted by molar-refractivity contribution is 0.0874. The van der Waals surface area contributed by atoms with Crippen molar-refractivity contribution in [3.8, 4) is 0 Å². The fourth-order valence-corrected chi connectivity index (χ4v) is 7.14. The second-order valence-electron chi connectivity index (χ2n) is 4.85. The van der Waals surface area contributed by atoms with Gasteiger partial charge in [0, 0.05) is 18.4 Å². The summed E-state index contributed by atoms with van der Waals surface area (Å²) in [4.78, 5) is 2.09. The molecule has 0 radical (unpaired) electrons. The molecule has 3 atom stereocenters. The molecule has 0 unspecified atom stereocenters. The molecule has 4 nitrogen and oxygen atoms in total. The molecule has 0 bridgehead atoms. The van der Waals surface area contributed by atoms with E-state index in [0.717, 1.165) is 30.3 Å². The van der Waals surface area contributed by atoms with E-state index >= 15 is 0 Å². The lowest BCUT2D eigenvalue weighted by Crippen LogP contribution is -2.41. The average molecular weight is 293 g/mol. The lowest BCUT2D eigenvalue weighted by Gasteiger charge is -2.26. The molecule has 3 aliphatic heterocycles. The number of sulfone groups is 1. The molecule has 0 N–H and O–H groups in total. The molecular weight excluding hydrogens is 278 g/mol. The Morgan fingerprint density at radius 1 is 1.47 bits per heavy atom. The first-order chi connectivity index (χ1) is 8.05. The summed E-state index contributed by atoms with van der Waals surface area (Å²) in [6, 6.07) is 0.0849. The lowest BCUT2D eigenvalue weighted by atomic mass is 10.2. The van der Waals surface area contributed by atoms with Crippen molar-refractivity contribution in [2.75, 3.05) is 24.7 Å². The molecule has 3 saturated heterocycles. The van der Waals surface area contributed by atoms with Gasteiger partial charge in [0.05, 0.1) is 23.7 Å². The summed E-state index contributed by atoms with van der Waals surface area (Å²) >= 11 is 6.90. The van der Waals surface area contributed by atoms with Crippen LogP contribution in [-0.2, 0) is 14.6 Å². The third kappa shape index (κ3) is 2.34. The van der Waals surface area contributed by atoms with Gasteiger partial charge in [-0.25, -0.2) is 8.42 Å². The average Bonchev–Trinajstić information content (AvgIpc) is 2.87. The first kappa shape index (κ1) is 12.2. The molecule has 17 heavy (non-hydrogen) atoms. The summed E-state index contributed by atoms with van der Waals surface area (Å²) in [6.07, 6.45) is 2.40. The Balaban J connectivity index is 1.72. The maximum atomic E-state index is 11.6. The van der Waals surface area contributed by atoms with Gasteiger partial charge in [0.1, 0.15) is 4.32 Å². The molecule has 7 heteroatoms. The van der Waals surface area contributed by atoms with Crippen LogP contribution in [0.2, 0.25) is 0 Å². The van der Waals surface area contributed by atoms with Crippen molar-refractivity contribution in [1.29, 1.82) is 0 Å². The smallest absolute Gasteiger partial charge is 0.153 e. The van der Waals surface area contributed by atoms with Crippen LogP contribution in [0.4, 0.5) is 0 Å². The van der Waals surface area contributed by atoms with E-state index in [4.69, 9.17) is 17.0 Å². The third-order valence-electron chi connectivity index (χ3n) is 3.58. The van der Waals surface area contributed by atoms with Gasteiger partial charge in [0.25, 0.3) is 0 Å². The molecule has 3 aliphatic rings. The van der Waals surface area contributed by atoms with Crippen molar-refractivity contribution >= 4 is 38.1 Å². The van der Waals surface area contributed by atoms with Crippen molar-refractivity contribution in [2.24, 2.45) is 0 Å². The van der Waals surface area contributed by atoms with Crippen LogP contribution in [0.25, 0.3) is 0 Å². The number of hydrogen-bond donors (Lipinski definition) is 0. The zero-order valence-corrected chi connectivity index (χ0v) is 11.8. The van der Waals surface area contributed by atoms with Crippen molar-refractivity contribution in [1.82, 2.24) is 4.90 Å². The van der Waals surface area contributed by atoms with Crippen LogP contribution in [0.3, 0.4) is 0 Å². The highest BCUT2D eigenvalue weighted by Gasteiger charge is 2.48. The predicted octanol–water partition coefficient (Wildman–Crippen LogP) is 0.665. The zero-order valence-electron chi connectivity index (χ0n) is 9.37. The fourth-order valence-electron chi connectivity index (χ4n) is 2.75. The highest BCUT2D eigenvalue weighted by Crippen LogP contribution is 2.38. The topological polar surface area (TPSA) is 46.6 Å². The van der Waals surface area contributed by atoms with Gasteiger partial charge in [-0.15, -0.1) is 0 Å². The van der Waals surface area contributed by atoms with Gasteiger partial charge >= 0.3 is 0 Å². The molecule has 0 aromatic carbocycles. The van der Waals surface area contributed by atoms with Crippen molar-refractivity contribution in [3.63, 3.8) is 0 Å². The predicted molar refractivity (Wildman–Crippen MR) is 72.1 cm³/mol. The number of nitrogens with zero attached hydrogens (tertiary/aromatic N) is 1. The van der Waals surface area contributed by atoms with Gasteiger partial charge in [-0.05, 0) is 12.8 Å². The SMILES string of the molecule is O=S1(=O)C[C@H]2SC(=S)N(C[C@@H]3CCCO3)[C@H]2C1. The Kier molecular flexibility index (Phi) is 3.13. The van der Waals surface area contributed by atoms with Crippen molar-refractivity contribution in [2.45, 2.75) is 30.2 Å². The molecule has 0 spiro atoms. The number of fused-ring (bicyclic) bond motifs is 1. The molecule has 0 saturated carbocycles. The van der Waals surface area contributed by atoms with Crippen LogP contribution in [-0.4, -0.2) is 59.7 Å². The Bertz CT molecular complexity index is 430. The largest absolute Gasteiger partial charge is 0.376 e. The van der Waals surface area contributed by atoms with Crippen LogP contribution >= 0.6 is 24.0 Å². The van der Waals surface area contributed by atoms with E-state index < -0.39 is 9.84 Å². The van der Waals surface area contributed by atoms with Crippen LogP contribution in [0.15, 0.2) is 0 Å². The van der Waals surface area contributed by atoms with Crippen LogP contribution in [0.1, 0.15) is 12.8 Å². The van der Waals surface area contributed by atoms with Crippen molar-refractivity contribution < 1.29 is 13.2 Å². The number of hydrogen-bond acceptors (Lipinski definition) is 5. The second kappa shape index (κ2) is 4.36. The summed E-state index contributed by atoms with van der Waals surface area (Å²) in [7, 11) is -2.86. The zero-order chi connectivity index (χ0) is 12.0. The Hall–Kier alpha value is 0.150. The number of thioether (sulfide) groups is 1. The molecule has 0 amide bonds. The normalized spacial score (nSPS) is 39.9. The highest BCUT2D eigenvalue weighted by molar-refractivity contribution is 8.24. The van der Waals surface area contributed by atoms with Gasteiger partial charge in [0.2, 0.25) is 0 Å². The Morgan fingerprint density at radius 2 is 2.29 bits per heavy atom. The molecule has 0 aromatic heterocycles. The van der Waals surface area contributed by atoms with Crippen LogP contribution in [0.5, 0.6) is 0 Å². The van der Waals surface area contributed by atoms with E-state index in [-0.39, 0.29) is 28.9 Å². The summed E-state index contributed by atoms with van der Waals surface area (Å²) in [6.45, 7) is 1.59. The molecular formula is C10H15NO3S3. The van der Waals surface area contributed by atoms with Crippen LogP contribution < -0.4 is 0 Å². The van der Waals surface area contributed by atoms with Crippen LogP contribution in [0, 0.1) is 0 Å². The minimum absolute atomic E-state index is 0.0849. The molecule has 96 valence electrons. The number of rotatable bonds is 2. The minimum atomic E-state index is -2.86.